The van der Waals surface area contributed by atoms with Gasteiger partial charge in [0.15, 0.2) is 0 Å². The maximum absolute atomic E-state index is 14.5. The van der Waals surface area contributed by atoms with Gasteiger partial charge in [0.25, 0.3) is 0 Å². The zero-order valence-corrected chi connectivity index (χ0v) is 17.0. The van der Waals surface area contributed by atoms with Crippen molar-refractivity contribution in [1.29, 1.82) is 0 Å². The topological polar surface area (TPSA) is 48.0 Å². The number of carbonyl (C=O) groups excluding carboxylic acids is 1. The number of hydrogen-bond donors (Lipinski definition) is 1. The highest BCUT2D eigenvalue weighted by Crippen LogP contribution is 2.33. The first kappa shape index (κ1) is 18.7. The number of fused-ring (bicyclic) bond motifs is 3. The molecule has 4 rings (SSSR count). The molecule has 1 aromatic heterocycles. The van der Waals surface area contributed by atoms with E-state index >= 15 is 0 Å². The van der Waals surface area contributed by atoms with E-state index in [9.17, 15) is 9.18 Å². The lowest BCUT2D eigenvalue weighted by Crippen LogP contribution is -2.11. The Morgan fingerprint density at radius 3 is 2.75 bits per heavy atom. The second kappa shape index (κ2) is 7.40. The summed E-state index contributed by atoms with van der Waals surface area (Å²) in [4.78, 5) is 12.0. The molecule has 0 atom stereocenters. The highest BCUT2D eigenvalue weighted by Gasteiger charge is 2.18. The molecule has 3 nitrogen and oxygen atoms in total. The SMILES string of the molecule is CCCc1c[c]c2c3c(C(N)=O)cccc3n(Cc3ccc(Br)cc3F)c2c1. The third-order valence-corrected chi connectivity index (χ3v) is 5.50. The maximum atomic E-state index is 14.5. The fraction of sp³-hybridized carbons (Fsp3) is 0.174. The summed E-state index contributed by atoms with van der Waals surface area (Å²) in [6.45, 7) is 2.48. The van der Waals surface area contributed by atoms with Crippen LogP contribution < -0.4 is 5.73 Å². The number of primary amides is 1. The average molecular weight is 438 g/mol. The fourth-order valence-corrected chi connectivity index (χ4v) is 4.06. The number of amides is 1. The van der Waals surface area contributed by atoms with Gasteiger partial charge >= 0.3 is 0 Å². The number of benzene rings is 3. The summed E-state index contributed by atoms with van der Waals surface area (Å²) in [6, 6.07) is 18.0. The number of nitrogens with zero attached hydrogens (tertiary/aromatic N) is 1. The van der Waals surface area contributed by atoms with Crippen LogP contribution in [-0.2, 0) is 13.0 Å². The number of hydrogen-bond acceptors (Lipinski definition) is 1. The number of rotatable bonds is 5. The number of carbonyl (C=O) groups is 1. The van der Waals surface area contributed by atoms with Gasteiger partial charge in [-0.3, -0.25) is 4.79 Å². The van der Waals surface area contributed by atoms with Gasteiger partial charge in [0.1, 0.15) is 5.82 Å². The summed E-state index contributed by atoms with van der Waals surface area (Å²) in [5.74, 6) is -0.755. The van der Waals surface area contributed by atoms with Gasteiger partial charge in [-0.15, -0.1) is 0 Å². The predicted octanol–water partition coefficient (Wildman–Crippen LogP) is 5.60. The van der Waals surface area contributed by atoms with Crippen LogP contribution in [0.2, 0.25) is 0 Å². The Kier molecular flexibility index (Phi) is 4.94. The van der Waals surface area contributed by atoms with Crippen LogP contribution in [0.3, 0.4) is 0 Å². The summed E-state index contributed by atoms with van der Waals surface area (Å²) in [7, 11) is 0. The maximum Gasteiger partial charge on any atom is 0.249 e. The van der Waals surface area contributed by atoms with Gasteiger partial charge in [-0.2, -0.15) is 0 Å². The number of aryl methyl sites for hydroxylation is 1. The number of aromatic nitrogens is 1. The Morgan fingerprint density at radius 2 is 2.04 bits per heavy atom. The van der Waals surface area contributed by atoms with Gasteiger partial charge in [0, 0.05) is 26.4 Å². The Morgan fingerprint density at radius 1 is 1.21 bits per heavy atom. The third kappa shape index (κ3) is 3.20. The van der Waals surface area contributed by atoms with Crippen molar-refractivity contribution in [3.63, 3.8) is 0 Å². The van der Waals surface area contributed by atoms with Crippen LogP contribution in [0.1, 0.15) is 34.8 Å². The molecule has 0 fully saturated rings. The molecule has 0 aliphatic heterocycles. The normalized spacial score (nSPS) is 11.4. The number of halogens is 2. The molecule has 0 saturated heterocycles. The third-order valence-electron chi connectivity index (χ3n) is 5.00. The first-order chi connectivity index (χ1) is 13.5. The Bertz CT molecular complexity index is 1210. The van der Waals surface area contributed by atoms with Gasteiger partial charge < -0.3 is 10.3 Å². The lowest BCUT2D eigenvalue weighted by Gasteiger charge is -2.10. The van der Waals surface area contributed by atoms with Crippen LogP contribution in [0.4, 0.5) is 4.39 Å². The van der Waals surface area contributed by atoms with Crippen molar-refractivity contribution >= 4 is 43.6 Å². The predicted molar refractivity (Wildman–Crippen MR) is 114 cm³/mol. The minimum atomic E-state index is -0.481. The van der Waals surface area contributed by atoms with E-state index in [-0.39, 0.29) is 5.82 Å². The molecule has 5 heteroatoms. The van der Waals surface area contributed by atoms with Crippen molar-refractivity contribution in [3.05, 3.63) is 81.6 Å². The van der Waals surface area contributed by atoms with E-state index < -0.39 is 5.91 Å². The quantitative estimate of drug-likeness (QED) is 0.434. The fourth-order valence-electron chi connectivity index (χ4n) is 3.73. The molecule has 0 unspecified atom stereocenters. The highest BCUT2D eigenvalue weighted by molar-refractivity contribution is 9.10. The molecular formula is C23H19BrFN2O. The molecule has 0 bridgehead atoms. The van der Waals surface area contributed by atoms with Gasteiger partial charge in [-0.05, 0) is 48.4 Å². The molecule has 28 heavy (non-hydrogen) atoms. The largest absolute Gasteiger partial charge is 0.366 e. The van der Waals surface area contributed by atoms with Gasteiger partial charge in [-0.1, -0.05) is 47.5 Å². The Balaban J connectivity index is 2.02. The second-order valence-electron chi connectivity index (χ2n) is 6.90. The molecule has 0 aliphatic rings. The summed E-state index contributed by atoms with van der Waals surface area (Å²) >= 11 is 3.30. The van der Waals surface area contributed by atoms with E-state index in [4.69, 9.17) is 5.73 Å². The molecule has 0 spiro atoms. The van der Waals surface area contributed by atoms with Crippen molar-refractivity contribution in [2.45, 2.75) is 26.3 Å². The summed E-state index contributed by atoms with van der Waals surface area (Å²) in [6.07, 6.45) is 1.96. The molecular weight excluding hydrogens is 419 g/mol. The summed E-state index contributed by atoms with van der Waals surface area (Å²) < 4.78 is 17.3. The average Bonchev–Trinajstić information content (AvgIpc) is 2.97. The minimum absolute atomic E-state index is 0.274. The summed E-state index contributed by atoms with van der Waals surface area (Å²) in [5, 5.41) is 1.60. The van der Waals surface area contributed by atoms with E-state index in [1.165, 1.54) is 6.07 Å². The second-order valence-corrected chi connectivity index (χ2v) is 7.82. The van der Waals surface area contributed by atoms with E-state index in [0.717, 1.165) is 40.2 Å². The minimum Gasteiger partial charge on any atom is -0.366 e. The summed E-state index contributed by atoms with van der Waals surface area (Å²) in [5.41, 5.74) is 9.59. The van der Waals surface area contributed by atoms with Gasteiger partial charge in [0.05, 0.1) is 17.6 Å². The molecule has 4 aromatic rings. The van der Waals surface area contributed by atoms with Crippen molar-refractivity contribution in [3.8, 4) is 0 Å². The molecule has 1 heterocycles. The smallest absolute Gasteiger partial charge is 0.249 e. The standard InChI is InChI=1S/C23H19BrFN2O/c1-2-4-14-7-10-17-21(11-14)27(13-15-8-9-16(24)12-19(15)25)20-6-3-5-18(22(17)20)23(26)28/h3,5-9,11-12H,2,4,13H2,1H3,(H2,26,28). The van der Waals surface area contributed by atoms with Crippen LogP contribution in [0.15, 0.2) is 53.0 Å². The van der Waals surface area contributed by atoms with Crippen LogP contribution in [0.25, 0.3) is 21.8 Å². The molecule has 0 saturated carbocycles. The highest BCUT2D eigenvalue weighted by atomic mass is 79.9. The molecule has 0 aliphatic carbocycles. The first-order valence-electron chi connectivity index (χ1n) is 9.19. The Labute approximate surface area is 171 Å². The molecule has 3 aromatic carbocycles. The lowest BCUT2D eigenvalue weighted by molar-refractivity contribution is 0.100. The number of nitrogens with two attached hydrogens (primary N) is 1. The van der Waals surface area contributed by atoms with Crippen LogP contribution in [0.5, 0.6) is 0 Å². The van der Waals surface area contributed by atoms with Crippen molar-refractivity contribution in [2.75, 3.05) is 0 Å². The van der Waals surface area contributed by atoms with Crippen LogP contribution in [0, 0.1) is 11.9 Å². The Hall–Kier alpha value is -2.66. The zero-order chi connectivity index (χ0) is 19.8. The zero-order valence-electron chi connectivity index (χ0n) is 15.4. The van der Waals surface area contributed by atoms with E-state index in [1.54, 1.807) is 12.1 Å². The van der Waals surface area contributed by atoms with Crippen LogP contribution in [-0.4, -0.2) is 10.5 Å². The van der Waals surface area contributed by atoms with E-state index in [1.807, 2.05) is 28.8 Å². The van der Waals surface area contributed by atoms with Crippen molar-refractivity contribution < 1.29 is 9.18 Å². The molecule has 1 amide bonds. The van der Waals surface area contributed by atoms with E-state index in [0.29, 0.717) is 22.1 Å². The van der Waals surface area contributed by atoms with Gasteiger partial charge in [0.2, 0.25) is 5.91 Å². The molecule has 1 radical (unpaired) electrons. The van der Waals surface area contributed by atoms with Crippen LogP contribution >= 0.6 is 15.9 Å². The molecule has 141 valence electrons. The van der Waals surface area contributed by atoms with Crippen molar-refractivity contribution in [2.24, 2.45) is 5.73 Å². The first-order valence-corrected chi connectivity index (χ1v) is 9.98. The van der Waals surface area contributed by atoms with Gasteiger partial charge in [-0.25, -0.2) is 4.39 Å². The van der Waals surface area contributed by atoms with E-state index in [2.05, 4.69) is 35.0 Å². The van der Waals surface area contributed by atoms with Crippen molar-refractivity contribution in [1.82, 2.24) is 4.57 Å². The monoisotopic (exact) mass is 437 g/mol. The lowest BCUT2D eigenvalue weighted by atomic mass is 10.0. The molecule has 2 N–H and O–H groups in total.